The van der Waals surface area contributed by atoms with Crippen LogP contribution in [-0.2, 0) is 10.5 Å². The van der Waals surface area contributed by atoms with Gasteiger partial charge in [-0.05, 0) is 36.2 Å². The van der Waals surface area contributed by atoms with Gasteiger partial charge in [-0.25, -0.2) is 0 Å². The molecule has 0 saturated carbocycles. The van der Waals surface area contributed by atoms with Crippen molar-refractivity contribution in [3.05, 3.63) is 58.6 Å². The minimum atomic E-state index is -0.0418. The average Bonchev–Trinajstić information content (AvgIpc) is 2.49. The molecule has 0 unspecified atom stereocenters. The van der Waals surface area contributed by atoms with Crippen LogP contribution in [0.4, 0.5) is 5.69 Å². The maximum atomic E-state index is 11.9. The van der Waals surface area contributed by atoms with Gasteiger partial charge >= 0.3 is 0 Å². The van der Waals surface area contributed by atoms with E-state index in [-0.39, 0.29) is 5.91 Å². The Kier molecular flexibility index (Phi) is 6.16. The molecule has 1 amide bonds. The maximum Gasteiger partial charge on any atom is 0.234 e. The molecule has 5 heteroatoms. The summed E-state index contributed by atoms with van der Waals surface area (Å²) in [6, 6.07) is 13.4. The number of amides is 1. The lowest BCUT2D eigenvalue weighted by Gasteiger charge is -2.08. The molecule has 0 heterocycles. The minimum Gasteiger partial charge on any atom is -0.495 e. The van der Waals surface area contributed by atoms with E-state index < -0.39 is 0 Å². The number of carbonyl (C=O) groups is 1. The monoisotopic (exact) mass is 335 g/mol. The molecule has 116 valence electrons. The zero-order valence-corrected chi connectivity index (χ0v) is 14.1. The first-order valence-electron chi connectivity index (χ1n) is 6.86. The van der Waals surface area contributed by atoms with Gasteiger partial charge in [0.2, 0.25) is 5.91 Å². The topological polar surface area (TPSA) is 38.3 Å². The fraction of sp³-hybridized carbons (Fsp3) is 0.235. The van der Waals surface area contributed by atoms with Crippen molar-refractivity contribution in [2.24, 2.45) is 0 Å². The van der Waals surface area contributed by atoms with Gasteiger partial charge in [-0.3, -0.25) is 4.79 Å². The number of carbonyl (C=O) groups excluding carboxylic acids is 1. The average molecular weight is 336 g/mol. The molecule has 0 saturated heterocycles. The first-order valence-corrected chi connectivity index (χ1v) is 8.39. The van der Waals surface area contributed by atoms with Crippen LogP contribution in [0.2, 0.25) is 5.02 Å². The molecular weight excluding hydrogens is 318 g/mol. The SMILES string of the molecule is COc1ccc(NC(=O)CSCc2ccccc2C)cc1Cl. The predicted octanol–water partition coefficient (Wildman–Crippen LogP) is 4.53. The van der Waals surface area contributed by atoms with Crippen LogP contribution in [0.15, 0.2) is 42.5 Å². The fourth-order valence-electron chi connectivity index (χ4n) is 1.97. The van der Waals surface area contributed by atoms with Crippen molar-refractivity contribution in [2.75, 3.05) is 18.2 Å². The lowest BCUT2D eigenvalue weighted by molar-refractivity contribution is -0.113. The van der Waals surface area contributed by atoms with Gasteiger partial charge in [-0.1, -0.05) is 35.9 Å². The molecule has 2 aromatic carbocycles. The number of thioether (sulfide) groups is 1. The van der Waals surface area contributed by atoms with Crippen LogP contribution in [0, 0.1) is 6.92 Å². The number of hydrogen-bond acceptors (Lipinski definition) is 3. The predicted molar refractivity (Wildman–Crippen MR) is 94.0 cm³/mol. The normalized spacial score (nSPS) is 10.3. The van der Waals surface area contributed by atoms with Crippen molar-refractivity contribution in [1.29, 1.82) is 0 Å². The third-order valence-electron chi connectivity index (χ3n) is 3.19. The number of hydrogen-bond donors (Lipinski definition) is 1. The molecule has 0 fully saturated rings. The molecule has 0 aromatic heterocycles. The van der Waals surface area contributed by atoms with Crippen molar-refractivity contribution in [3.63, 3.8) is 0 Å². The summed E-state index contributed by atoms with van der Waals surface area (Å²) < 4.78 is 5.08. The zero-order chi connectivity index (χ0) is 15.9. The summed E-state index contributed by atoms with van der Waals surface area (Å²) in [4.78, 5) is 11.9. The van der Waals surface area contributed by atoms with E-state index in [0.29, 0.717) is 22.2 Å². The molecule has 0 aliphatic rings. The highest BCUT2D eigenvalue weighted by atomic mass is 35.5. The van der Waals surface area contributed by atoms with Crippen LogP contribution in [0.5, 0.6) is 5.75 Å². The number of halogens is 1. The Bertz CT molecular complexity index is 661. The summed E-state index contributed by atoms with van der Waals surface area (Å²) in [5.41, 5.74) is 3.18. The Morgan fingerprint density at radius 3 is 2.73 bits per heavy atom. The Balaban J connectivity index is 1.83. The number of anilines is 1. The quantitative estimate of drug-likeness (QED) is 0.843. The highest BCUT2D eigenvalue weighted by Gasteiger charge is 2.06. The van der Waals surface area contributed by atoms with Gasteiger partial charge in [0.1, 0.15) is 5.75 Å². The number of nitrogens with one attached hydrogen (secondary N) is 1. The Morgan fingerprint density at radius 2 is 2.05 bits per heavy atom. The van der Waals surface area contributed by atoms with Gasteiger partial charge in [0.15, 0.2) is 0 Å². The van der Waals surface area contributed by atoms with Crippen LogP contribution < -0.4 is 10.1 Å². The molecule has 0 radical (unpaired) electrons. The van der Waals surface area contributed by atoms with Crippen molar-refractivity contribution < 1.29 is 9.53 Å². The van der Waals surface area contributed by atoms with E-state index in [4.69, 9.17) is 16.3 Å². The number of ether oxygens (including phenoxy) is 1. The molecule has 3 nitrogen and oxygen atoms in total. The number of rotatable bonds is 6. The van der Waals surface area contributed by atoms with Gasteiger partial charge in [0.25, 0.3) is 0 Å². The van der Waals surface area contributed by atoms with Gasteiger partial charge in [-0.2, -0.15) is 0 Å². The molecule has 0 aliphatic heterocycles. The summed E-state index contributed by atoms with van der Waals surface area (Å²) in [5.74, 6) is 1.77. The minimum absolute atomic E-state index is 0.0418. The Hall–Kier alpha value is -1.65. The summed E-state index contributed by atoms with van der Waals surface area (Å²) in [7, 11) is 1.56. The number of aryl methyl sites for hydroxylation is 1. The maximum absolute atomic E-state index is 11.9. The molecule has 0 atom stereocenters. The summed E-state index contributed by atoms with van der Waals surface area (Å²) in [6.07, 6.45) is 0. The Morgan fingerprint density at radius 1 is 1.27 bits per heavy atom. The van der Waals surface area contributed by atoms with E-state index in [1.807, 2.05) is 12.1 Å². The second kappa shape index (κ2) is 8.11. The molecule has 0 aliphatic carbocycles. The van der Waals surface area contributed by atoms with Crippen LogP contribution >= 0.6 is 23.4 Å². The van der Waals surface area contributed by atoms with Crippen LogP contribution in [0.1, 0.15) is 11.1 Å². The van der Waals surface area contributed by atoms with E-state index in [1.165, 1.54) is 11.1 Å². The second-order valence-corrected chi connectivity index (χ2v) is 6.21. The van der Waals surface area contributed by atoms with Crippen molar-refractivity contribution in [2.45, 2.75) is 12.7 Å². The van der Waals surface area contributed by atoms with Crippen molar-refractivity contribution in [1.82, 2.24) is 0 Å². The molecule has 2 rings (SSSR count). The highest BCUT2D eigenvalue weighted by Crippen LogP contribution is 2.27. The molecule has 1 N–H and O–H groups in total. The van der Waals surface area contributed by atoms with Gasteiger partial charge in [0.05, 0.1) is 17.9 Å². The second-order valence-electron chi connectivity index (χ2n) is 4.82. The number of methoxy groups -OCH3 is 1. The first kappa shape index (κ1) is 16.7. The lowest BCUT2D eigenvalue weighted by Crippen LogP contribution is -2.14. The first-order chi connectivity index (χ1) is 10.6. The third kappa shape index (κ3) is 4.68. The highest BCUT2D eigenvalue weighted by molar-refractivity contribution is 7.99. The standard InChI is InChI=1S/C17H18ClNO2S/c1-12-5-3-4-6-13(12)10-22-11-17(20)19-14-7-8-16(21-2)15(18)9-14/h3-9H,10-11H2,1-2H3,(H,19,20). The van der Waals surface area contributed by atoms with Crippen LogP contribution in [0.3, 0.4) is 0 Å². The fourth-order valence-corrected chi connectivity index (χ4v) is 3.13. The van der Waals surface area contributed by atoms with E-state index in [2.05, 4.69) is 24.4 Å². The third-order valence-corrected chi connectivity index (χ3v) is 4.46. The lowest BCUT2D eigenvalue weighted by atomic mass is 10.1. The Labute approximate surface area is 140 Å². The van der Waals surface area contributed by atoms with E-state index in [1.54, 1.807) is 37.1 Å². The largest absolute Gasteiger partial charge is 0.495 e. The summed E-state index contributed by atoms with van der Waals surface area (Å²) in [6.45, 7) is 2.08. The summed E-state index contributed by atoms with van der Waals surface area (Å²) in [5, 5.41) is 3.31. The molecule has 0 spiro atoms. The zero-order valence-electron chi connectivity index (χ0n) is 12.6. The van der Waals surface area contributed by atoms with E-state index in [9.17, 15) is 4.79 Å². The van der Waals surface area contributed by atoms with Crippen molar-refractivity contribution >= 4 is 35.0 Å². The van der Waals surface area contributed by atoms with E-state index >= 15 is 0 Å². The van der Waals surface area contributed by atoms with E-state index in [0.717, 1.165) is 5.75 Å². The van der Waals surface area contributed by atoms with Crippen LogP contribution in [-0.4, -0.2) is 18.8 Å². The van der Waals surface area contributed by atoms with Gasteiger partial charge < -0.3 is 10.1 Å². The van der Waals surface area contributed by atoms with Gasteiger partial charge in [-0.15, -0.1) is 11.8 Å². The van der Waals surface area contributed by atoms with Crippen LogP contribution in [0.25, 0.3) is 0 Å². The molecule has 22 heavy (non-hydrogen) atoms. The number of benzene rings is 2. The smallest absolute Gasteiger partial charge is 0.234 e. The van der Waals surface area contributed by atoms with Crippen molar-refractivity contribution in [3.8, 4) is 5.75 Å². The van der Waals surface area contributed by atoms with Gasteiger partial charge in [0, 0.05) is 11.4 Å². The molecule has 2 aromatic rings. The summed E-state index contributed by atoms with van der Waals surface area (Å²) >= 11 is 7.62. The molecular formula is C17H18ClNO2S. The molecule has 0 bridgehead atoms.